The van der Waals surface area contributed by atoms with E-state index in [-0.39, 0.29) is 11.8 Å². The zero-order valence-corrected chi connectivity index (χ0v) is 16.5. The SMILES string of the molecule is O=C(O)C(F)(F)F.O=C([C@H]1COC[C@H]2CN(Cc3ccsc3)C[C@H]21)N1CCCO1. The second kappa shape index (κ2) is 9.41. The van der Waals surface area contributed by atoms with Crippen molar-refractivity contribution in [2.75, 3.05) is 39.5 Å². The molecule has 29 heavy (non-hydrogen) atoms. The van der Waals surface area contributed by atoms with E-state index in [1.165, 1.54) is 5.56 Å². The van der Waals surface area contributed by atoms with Gasteiger partial charge < -0.3 is 9.84 Å². The summed E-state index contributed by atoms with van der Waals surface area (Å²) in [4.78, 5) is 29.5. The number of hydrogen-bond acceptors (Lipinski definition) is 6. The van der Waals surface area contributed by atoms with E-state index in [9.17, 15) is 18.0 Å². The maximum Gasteiger partial charge on any atom is 0.490 e. The summed E-state index contributed by atoms with van der Waals surface area (Å²) in [7, 11) is 0. The van der Waals surface area contributed by atoms with Crippen LogP contribution in [0.4, 0.5) is 13.2 Å². The Morgan fingerprint density at radius 2 is 2.03 bits per heavy atom. The molecule has 3 aliphatic rings. The second-order valence-electron chi connectivity index (χ2n) is 7.32. The number of rotatable bonds is 3. The van der Waals surface area contributed by atoms with Gasteiger partial charge in [0, 0.05) is 19.6 Å². The number of likely N-dealkylation sites (tertiary alicyclic amines) is 1. The van der Waals surface area contributed by atoms with Crippen LogP contribution in [0.15, 0.2) is 16.8 Å². The number of aliphatic carboxylic acids is 1. The highest BCUT2D eigenvalue weighted by Gasteiger charge is 2.45. The third kappa shape index (κ3) is 5.68. The minimum Gasteiger partial charge on any atom is -0.475 e. The molecule has 4 rings (SSSR count). The zero-order valence-electron chi connectivity index (χ0n) is 15.6. The summed E-state index contributed by atoms with van der Waals surface area (Å²) < 4.78 is 37.5. The fourth-order valence-corrected chi connectivity index (χ4v) is 4.58. The molecule has 3 saturated heterocycles. The van der Waals surface area contributed by atoms with E-state index in [1.54, 1.807) is 16.4 Å². The first-order valence-electron chi connectivity index (χ1n) is 9.31. The maximum absolute atomic E-state index is 12.7. The number of carboxylic acid groups (broad SMARTS) is 1. The molecule has 3 fully saturated rings. The van der Waals surface area contributed by atoms with Gasteiger partial charge in [0.1, 0.15) is 0 Å². The van der Waals surface area contributed by atoms with Crippen molar-refractivity contribution >= 4 is 23.2 Å². The molecule has 3 atom stereocenters. The number of fused-ring (bicyclic) bond motifs is 1. The van der Waals surface area contributed by atoms with Gasteiger partial charge >= 0.3 is 12.1 Å². The quantitative estimate of drug-likeness (QED) is 0.783. The molecule has 1 aromatic rings. The first-order valence-corrected chi connectivity index (χ1v) is 10.3. The third-order valence-corrected chi connectivity index (χ3v) is 5.99. The van der Waals surface area contributed by atoms with Crippen molar-refractivity contribution in [2.24, 2.45) is 17.8 Å². The molecule has 1 N–H and O–H groups in total. The molecule has 1 amide bonds. The lowest BCUT2D eigenvalue weighted by molar-refractivity contribution is -0.192. The maximum atomic E-state index is 12.7. The number of halogens is 3. The topological polar surface area (TPSA) is 79.3 Å². The summed E-state index contributed by atoms with van der Waals surface area (Å²) in [6.45, 7) is 5.74. The van der Waals surface area contributed by atoms with Crippen LogP contribution in [-0.2, 0) is 25.7 Å². The van der Waals surface area contributed by atoms with E-state index in [4.69, 9.17) is 19.5 Å². The van der Waals surface area contributed by atoms with Crippen LogP contribution in [0.5, 0.6) is 0 Å². The van der Waals surface area contributed by atoms with Crippen LogP contribution >= 0.6 is 11.3 Å². The van der Waals surface area contributed by atoms with Gasteiger partial charge in [0.25, 0.3) is 5.91 Å². The number of carboxylic acids is 1. The van der Waals surface area contributed by atoms with E-state index in [0.29, 0.717) is 25.0 Å². The van der Waals surface area contributed by atoms with Gasteiger partial charge in [-0.3, -0.25) is 14.5 Å². The largest absolute Gasteiger partial charge is 0.490 e. The fraction of sp³-hybridized carbons (Fsp3) is 0.667. The summed E-state index contributed by atoms with van der Waals surface area (Å²) >= 11 is 1.74. The average Bonchev–Trinajstić information content (AvgIpc) is 3.42. The molecule has 0 aromatic carbocycles. The second-order valence-corrected chi connectivity index (χ2v) is 8.10. The molecule has 0 spiro atoms. The Hall–Kier alpha value is -1.69. The molecule has 162 valence electrons. The molecule has 0 unspecified atom stereocenters. The van der Waals surface area contributed by atoms with E-state index in [0.717, 1.165) is 39.2 Å². The van der Waals surface area contributed by atoms with Crippen molar-refractivity contribution in [1.29, 1.82) is 0 Å². The zero-order chi connectivity index (χ0) is 21.0. The molecule has 0 bridgehead atoms. The molecule has 0 saturated carbocycles. The molecule has 0 radical (unpaired) electrons. The first kappa shape index (κ1) is 22.0. The summed E-state index contributed by atoms with van der Waals surface area (Å²) in [5, 5.41) is 13.0. The first-order chi connectivity index (χ1) is 13.8. The molecule has 3 aliphatic heterocycles. The third-order valence-electron chi connectivity index (χ3n) is 5.26. The van der Waals surface area contributed by atoms with Crippen LogP contribution in [0.2, 0.25) is 0 Å². The normalized spacial score (nSPS) is 27.3. The number of ether oxygens (including phenoxy) is 1. The molecule has 4 heterocycles. The van der Waals surface area contributed by atoms with E-state index in [2.05, 4.69) is 21.7 Å². The number of carbonyl (C=O) groups excluding carboxylic acids is 1. The van der Waals surface area contributed by atoms with Gasteiger partial charge in [-0.15, -0.1) is 0 Å². The average molecular weight is 436 g/mol. The van der Waals surface area contributed by atoms with Crippen molar-refractivity contribution in [2.45, 2.75) is 19.1 Å². The van der Waals surface area contributed by atoms with Gasteiger partial charge in [0.15, 0.2) is 0 Å². The fourth-order valence-electron chi connectivity index (χ4n) is 3.92. The smallest absolute Gasteiger partial charge is 0.475 e. The highest BCUT2D eigenvalue weighted by molar-refractivity contribution is 7.07. The van der Waals surface area contributed by atoms with E-state index < -0.39 is 12.1 Å². The summed E-state index contributed by atoms with van der Waals surface area (Å²) in [5.74, 6) is -1.78. The number of carbonyl (C=O) groups is 2. The Bertz CT molecular complexity index is 694. The predicted molar refractivity (Wildman–Crippen MR) is 96.9 cm³/mol. The van der Waals surface area contributed by atoms with Crippen LogP contribution < -0.4 is 0 Å². The molecule has 1 aromatic heterocycles. The number of hydrogen-bond donors (Lipinski definition) is 1. The summed E-state index contributed by atoms with van der Waals surface area (Å²) in [6.07, 6.45) is -4.14. The van der Waals surface area contributed by atoms with Crippen LogP contribution in [0.3, 0.4) is 0 Å². The van der Waals surface area contributed by atoms with Crippen molar-refractivity contribution in [3.8, 4) is 0 Å². The number of amides is 1. The lowest BCUT2D eigenvalue weighted by Crippen LogP contribution is -2.45. The van der Waals surface area contributed by atoms with Crippen molar-refractivity contribution in [1.82, 2.24) is 9.96 Å². The van der Waals surface area contributed by atoms with Gasteiger partial charge in [-0.25, -0.2) is 9.86 Å². The van der Waals surface area contributed by atoms with Gasteiger partial charge in [-0.05, 0) is 40.6 Å². The van der Waals surface area contributed by atoms with Crippen molar-refractivity contribution < 1.29 is 37.4 Å². The summed E-state index contributed by atoms with van der Waals surface area (Å²) in [6, 6.07) is 2.18. The van der Waals surface area contributed by atoms with Crippen LogP contribution in [0.1, 0.15) is 12.0 Å². The Morgan fingerprint density at radius 3 is 2.62 bits per heavy atom. The van der Waals surface area contributed by atoms with E-state index in [1.807, 2.05) is 0 Å². The number of hydroxylamine groups is 2. The van der Waals surface area contributed by atoms with E-state index >= 15 is 0 Å². The molecule has 7 nitrogen and oxygen atoms in total. The lowest BCUT2D eigenvalue weighted by atomic mass is 9.82. The van der Waals surface area contributed by atoms with Crippen LogP contribution in [0.25, 0.3) is 0 Å². The standard InChI is InChI=1S/C16H22N2O3S.C2HF3O2/c19-16(18-3-1-4-21-18)15-10-20-9-13-7-17(8-14(13)15)6-12-2-5-22-11-12;3-2(4,5)1(6)7/h2,5,11,13-15H,1,3-4,6-10H2;(H,6,7)/t13-,14-,15+;/m1./s1. The van der Waals surface area contributed by atoms with Gasteiger partial charge in [-0.1, -0.05) is 0 Å². The Kier molecular flexibility index (Phi) is 7.14. The highest BCUT2D eigenvalue weighted by Crippen LogP contribution is 2.36. The number of alkyl halides is 3. The summed E-state index contributed by atoms with van der Waals surface area (Å²) in [5.41, 5.74) is 1.37. The number of thiophene rings is 1. The molecular formula is C18H23F3N2O5S. The number of nitrogens with zero attached hydrogens (tertiary/aromatic N) is 2. The lowest BCUT2D eigenvalue weighted by Gasteiger charge is -2.33. The van der Waals surface area contributed by atoms with Crippen molar-refractivity contribution in [3.63, 3.8) is 0 Å². The Morgan fingerprint density at radius 1 is 1.28 bits per heavy atom. The molecule has 0 aliphatic carbocycles. The predicted octanol–water partition coefficient (Wildman–Crippen LogP) is 2.24. The van der Waals surface area contributed by atoms with Gasteiger partial charge in [0.2, 0.25) is 0 Å². The van der Waals surface area contributed by atoms with Gasteiger partial charge in [0.05, 0.1) is 32.3 Å². The highest BCUT2D eigenvalue weighted by atomic mass is 32.1. The monoisotopic (exact) mass is 436 g/mol. The van der Waals surface area contributed by atoms with Crippen LogP contribution in [-0.4, -0.2) is 72.6 Å². The van der Waals surface area contributed by atoms with Crippen molar-refractivity contribution in [3.05, 3.63) is 22.4 Å². The Balaban J connectivity index is 0.000000298. The minimum atomic E-state index is -5.08. The van der Waals surface area contributed by atoms with Gasteiger partial charge in [-0.2, -0.15) is 24.5 Å². The molecular weight excluding hydrogens is 413 g/mol. The van der Waals surface area contributed by atoms with Crippen LogP contribution in [0, 0.1) is 17.8 Å². The minimum absolute atomic E-state index is 0.0377. The molecule has 11 heteroatoms. The Labute approximate surface area is 169 Å².